The van der Waals surface area contributed by atoms with Gasteiger partial charge in [0.05, 0.1) is 22.1 Å². The predicted molar refractivity (Wildman–Crippen MR) is 106 cm³/mol. The van der Waals surface area contributed by atoms with E-state index in [0.29, 0.717) is 38.3 Å². The fourth-order valence-electron chi connectivity index (χ4n) is 3.26. The van der Waals surface area contributed by atoms with E-state index in [-0.39, 0.29) is 10.6 Å². The van der Waals surface area contributed by atoms with E-state index < -0.39 is 14.9 Å². The summed E-state index contributed by atoms with van der Waals surface area (Å²) in [6.07, 6.45) is 0. The summed E-state index contributed by atoms with van der Waals surface area (Å²) in [6.45, 7) is 5.67. The second-order valence-electron chi connectivity index (χ2n) is 6.50. The second kappa shape index (κ2) is 8.15. The smallest absolute Gasteiger partial charge is 0.273 e. The lowest BCUT2D eigenvalue weighted by atomic mass is 10.2. The van der Waals surface area contributed by atoms with E-state index in [1.165, 1.54) is 16.4 Å². The van der Waals surface area contributed by atoms with Gasteiger partial charge in [-0.3, -0.25) is 10.1 Å². The molecule has 2 aromatic rings. The number of sulfonamides is 1. The van der Waals surface area contributed by atoms with Gasteiger partial charge in [-0.1, -0.05) is 18.2 Å². The van der Waals surface area contributed by atoms with Gasteiger partial charge < -0.3 is 9.64 Å². The van der Waals surface area contributed by atoms with Crippen molar-refractivity contribution in [1.82, 2.24) is 4.31 Å². The maximum absolute atomic E-state index is 12.9. The van der Waals surface area contributed by atoms with Gasteiger partial charge in [0.25, 0.3) is 5.69 Å². The molecule has 0 saturated carbocycles. The predicted octanol–water partition coefficient (Wildman–Crippen LogP) is 2.81. The van der Waals surface area contributed by atoms with Gasteiger partial charge in [0, 0.05) is 37.8 Å². The molecule has 0 radical (unpaired) electrons. The molecule has 1 fully saturated rings. The van der Waals surface area contributed by atoms with Crippen LogP contribution in [0.15, 0.2) is 47.4 Å². The summed E-state index contributed by atoms with van der Waals surface area (Å²) in [7, 11) is -3.79. The van der Waals surface area contributed by atoms with Crippen LogP contribution >= 0.6 is 0 Å². The van der Waals surface area contributed by atoms with Crippen LogP contribution in [0.1, 0.15) is 12.5 Å². The molecule has 0 aromatic heterocycles. The van der Waals surface area contributed by atoms with Gasteiger partial charge in [0.1, 0.15) is 5.75 Å². The number of benzene rings is 2. The Labute approximate surface area is 164 Å². The molecule has 0 amide bonds. The Morgan fingerprint density at radius 1 is 1.11 bits per heavy atom. The van der Waals surface area contributed by atoms with Crippen LogP contribution < -0.4 is 9.64 Å². The molecule has 28 heavy (non-hydrogen) atoms. The number of nitrogens with zero attached hydrogens (tertiary/aromatic N) is 3. The van der Waals surface area contributed by atoms with Crippen molar-refractivity contribution < 1.29 is 18.1 Å². The Morgan fingerprint density at radius 3 is 2.43 bits per heavy atom. The normalized spacial score (nSPS) is 15.4. The van der Waals surface area contributed by atoms with Gasteiger partial charge in [-0.25, -0.2) is 8.42 Å². The minimum absolute atomic E-state index is 0.0482. The Kier molecular flexibility index (Phi) is 5.85. The quantitative estimate of drug-likeness (QED) is 0.542. The summed E-state index contributed by atoms with van der Waals surface area (Å²) in [6, 6.07) is 11.7. The molecule has 0 atom stereocenters. The third kappa shape index (κ3) is 3.95. The SMILES string of the molecule is CCOc1ccccc1N1CCN(S(=O)(=O)c2ccc(C)c([N+](=O)[O-])c2)CC1. The lowest BCUT2D eigenvalue weighted by Crippen LogP contribution is -2.48. The van der Waals surface area contributed by atoms with E-state index in [4.69, 9.17) is 4.74 Å². The molecule has 9 heteroatoms. The number of rotatable bonds is 6. The summed E-state index contributed by atoms with van der Waals surface area (Å²) < 4.78 is 32.9. The first kappa shape index (κ1) is 20.1. The summed E-state index contributed by atoms with van der Waals surface area (Å²) in [5.74, 6) is 0.774. The first-order valence-electron chi connectivity index (χ1n) is 9.06. The van der Waals surface area contributed by atoms with Crippen molar-refractivity contribution in [3.8, 4) is 5.75 Å². The van der Waals surface area contributed by atoms with Crippen LogP contribution in [-0.2, 0) is 10.0 Å². The fourth-order valence-corrected chi connectivity index (χ4v) is 4.70. The number of piperazine rings is 1. The lowest BCUT2D eigenvalue weighted by molar-refractivity contribution is -0.385. The van der Waals surface area contributed by atoms with E-state index in [2.05, 4.69) is 4.90 Å². The van der Waals surface area contributed by atoms with Crippen molar-refractivity contribution in [2.24, 2.45) is 0 Å². The maximum atomic E-state index is 12.9. The van der Waals surface area contributed by atoms with Gasteiger partial charge in [-0.05, 0) is 32.0 Å². The highest BCUT2D eigenvalue weighted by Crippen LogP contribution is 2.30. The van der Waals surface area contributed by atoms with Crippen molar-refractivity contribution in [3.05, 3.63) is 58.1 Å². The summed E-state index contributed by atoms with van der Waals surface area (Å²) in [4.78, 5) is 12.6. The molecule has 3 rings (SSSR count). The molecule has 1 aliphatic rings. The Morgan fingerprint density at radius 2 is 1.79 bits per heavy atom. The third-order valence-electron chi connectivity index (χ3n) is 4.76. The second-order valence-corrected chi connectivity index (χ2v) is 8.44. The minimum Gasteiger partial charge on any atom is -0.492 e. The van der Waals surface area contributed by atoms with E-state index >= 15 is 0 Å². The zero-order valence-electron chi connectivity index (χ0n) is 15.9. The molecule has 0 spiro atoms. The molecule has 2 aromatic carbocycles. The zero-order chi connectivity index (χ0) is 20.3. The number of nitro benzene ring substituents is 1. The van der Waals surface area contributed by atoms with Crippen molar-refractivity contribution in [3.63, 3.8) is 0 Å². The first-order valence-corrected chi connectivity index (χ1v) is 10.5. The summed E-state index contributed by atoms with van der Waals surface area (Å²) in [5.41, 5.74) is 1.18. The van der Waals surface area contributed by atoms with Crippen molar-refractivity contribution >= 4 is 21.4 Å². The number of nitro groups is 1. The van der Waals surface area contributed by atoms with Gasteiger partial charge in [-0.2, -0.15) is 4.31 Å². The number of hydrogen-bond donors (Lipinski definition) is 0. The Balaban J connectivity index is 1.78. The van der Waals surface area contributed by atoms with E-state index in [1.807, 2.05) is 31.2 Å². The van der Waals surface area contributed by atoms with Crippen LogP contribution in [0.4, 0.5) is 11.4 Å². The van der Waals surface area contributed by atoms with Gasteiger partial charge in [-0.15, -0.1) is 0 Å². The number of anilines is 1. The highest BCUT2D eigenvalue weighted by Gasteiger charge is 2.30. The molecular weight excluding hydrogens is 382 g/mol. The van der Waals surface area contributed by atoms with Crippen LogP contribution in [0, 0.1) is 17.0 Å². The zero-order valence-corrected chi connectivity index (χ0v) is 16.7. The van der Waals surface area contributed by atoms with Crippen molar-refractivity contribution in [2.75, 3.05) is 37.7 Å². The average molecular weight is 405 g/mol. The first-order chi connectivity index (χ1) is 13.3. The molecular formula is C19H23N3O5S. The van der Waals surface area contributed by atoms with Crippen molar-refractivity contribution in [1.29, 1.82) is 0 Å². The largest absolute Gasteiger partial charge is 0.492 e. The molecule has 0 aliphatic carbocycles. The maximum Gasteiger partial charge on any atom is 0.273 e. The molecule has 8 nitrogen and oxygen atoms in total. The van der Waals surface area contributed by atoms with E-state index in [1.54, 1.807) is 6.92 Å². The fraction of sp³-hybridized carbons (Fsp3) is 0.368. The number of aryl methyl sites for hydroxylation is 1. The third-order valence-corrected chi connectivity index (χ3v) is 6.65. The lowest BCUT2D eigenvalue weighted by Gasteiger charge is -2.36. The number of ether oxygens (including phenoxy) is 1. The van der Waals surface area contributed by atoms with Crippen LogP contribution in [0.2, 0.25) is 0 Å². The van der Waals surface area contributed by atoms with Crippen LogP contribution in [0.25, 0.3) is 0 Å². The number of para-hydroxylation sites is 2. The minimum atomic E-state index is -3.79. The van der Waals surface area contributed by atoms with E-state index in [9.17, 15) is 18.5 Å². The molecule has 0 unspecified atom stereocenters. The van der Waals surface area contributed by atoms with Crippen molar-refractivity contribution in [2.45, 2.75) is 18.7 Å². The van der Waals surface area contributed by atoms with E-state index in [0.717, 1.165) is 17.5 Å². The van der Waals surface area contributed by atoms with Gasteiger partial charge in [0.2, 0.25) is 10.0 Å². The standard InChI is InChI=1S/C19H23N3O5S/c1-3-27-19-7-5-4-6-17(19)20-10-12-21(13-11-20)28(25,26)16-9-8-15(2)18(14-16)22(23)24/h4-9,14H,3,10-13H2,1-2H3. The molecule has 0 bridgehead atoms. The van der Waals surface area contributed by atoms with Gasteiger partial charge in [0.15, 0.2) is 0 Å². The Hall–Kier alpha value is -2.65. The molecule has 150 valence electrons. The molecule has 0 N–H and O–H groups in total. The summed E-state index contributed by atoms with van der Waals surface area (Å²) >= 11 is 0. The molecule has 1 aliphatic heterocycles. The average Bonchev–Trinajstić information content (AvgIpc) is 2.69. The molecule has 1 saturated heterocycles. The topological polar surface area (TPSA) is 93.0 Å². The summed E-state index contributed by atoms with van der Waals surface area (Å²) in [5, 5.41) is 11.1. The van der Waals surface area contributed by atoms with Gasteiger partial charge >= 0.3 is 0 Å². The highest BCUT2D eigenvalue weighted by molar-refractivity contribution is 7.89. The number of hydrogen-bond acceptors (Lipinski definition) is 6. The monoisotopic (exact) mass is 405 g/mol. The van der Waals surface area contributed by atoms with Crippen LogP contribution in [0.5, 0.6) is 5.75 Å². The Bertz CT molecular complexity index is 969. The molecule has 1 heterocycles. The van der Waals surface area contributed by atoms with Crippen LogP contribution in [-0.4, -0.2) is 50.4 Å². The highest BCUT2D eigenvalue weighted by atomic mass is 32.2. The van der Waals surface area contributed by atoms with Crippen LogP contribution in [0.3, 0.4) is 0 Å².